The van der Waals surface area contributed by atoms with Gasteiger partial charge in [0.15, 0.2) is 0 Å². The Bertz CT molecular complexity index is 1480. The van der Waals surface area contributed by atoms with Crippen molar-refractivity contribution in [2.45, 2.75) is 31.3 Å². The predicted octanol–water partition coefficient (Wildman–Crippen LogP) is 3.86. The Kier molecular flexibility index (Phi) is 5.25. The zero-order valence-electron chi connectivity index (χ0n) is 19.5. The smallest absolute Gasteiger partial charge is 0.256 e. The highest BCUT2D eigenvalue weighted by Crippen LogP contribution is 2.50. The minimum absolute atomic E-state index is 0.0733. The Labute approximate surface area is 207 Å². The third kappa shape index (κ3) is 3.51. The van der Waals surface area contributed by atoms with Gasteiger partial charge in [0.25, 0.3) is 5.91 Å². The minimum Gasteiger partial charge on any atom is -0.382 e. The van der Waals surface area contributed by atoms with Crippen LogP contribution in [0.25, 0.3) is 16.8 Å². The van der Waals surface area contributed by atoms with Crippen LogP contribution in [0.15, 0.2) is 73.7 Å². The van der Waals surface area contributed by atoms with E-state index < -0.39 is 0 Å². The Balaban J connectivity index is 1.39. The number of amides is 2. The van der Waals surface area contributed by atoms with Crippen molar-refractivity contribution in [1.82, 2.24) is 24.3 Å². The van der Waals surface area contributed by atoms with Crippen molar-refractivity contribution in [2.75, 3.05) is 11.1 Å². The lowest BCUT2D eigenvalue weighted by atomic mass is 9.97. The molecular weight excluding hydrogens is 454 g/mol. The minimum atomic E-state index is -0.252. The number of likely N-dealkylation sites (tertiary alicyclic amines) is 1. The standard InChI is InChI=1S/C27H25N7O2/c1-2-21(35)34-19-11-10-18(15-19)23(34)26-32-22(24-25(28)30-13-14-33(24)26)16-6-8-17(9-7-16)27(36)31-20-5-3-4-12-29-20/h2-9,12-14,18-19,23H,1,10-11,15H2,(H2,28,30)(H,29,31,36)/t18-,19+,23?/m0/s1. The van der Waals surface area contributed by atoms with E-state index in [2.05, 4.69) is 21.9 Å². The van der Waals surface area contributed by atoms with Crippen LogP contribution in [0.5, 0.6) is 0 Å². The third-order valence-electron chi connectivity index (χ3n) is 7.22. The van der Waals surface area contributed by atoms with Gasteiger partial charge >= 0.3 is 0 Å². The number of nitrogen functional groups attached to an aromatic ring is 1. The summed E-state index contributed by atoms with van der Waals surface area (Å²) < 4.78 is 1.95. The SMILES string of the molecule is C=CC(=O)N1C(c2nc(-c3ccc(C(=O)Nc4ccccn4)cc3)c3c(N)nccn23)[C@H]2CC[C@@H]1C2. The number of rotatable bonds is 5. The molecule has 180 valence electrons. The van der Waals surface area contributed by atoms with Crippen LogP contribution in [0.3, 0.4) is 0 Å². The fraction of sp³-hybridized carbons (Fsp3) is 0.222. The molecule has 9 heteroatoms. The van der Waals surface area contributed by atoms with Crippen LogP contribution in [0.4, 0.5) is 11.6 Å². The van der Waals surface area contributed by atoms with Crippen molar-refractivity contribution in [1.29, 1.82) is 0 Å². The molecule has 1 saturated carbocycles. The maximum Gasteiger partial charge on any atom is 0.256 e. The quantitative estimate of drug-likeness (QED) is 0.420. The van der Waals surface area contributed by atoms with Crippen LogP contribution in [0.2, 0.25) is 0 Å². The van der Waals surface area contributed by atoms with Gasteiger partial charge in [0.2, 0.25) is 5.91 Å². The normalized spacial score (nSPS) is 20.6. The predicted molar refractivity (Wildman–Crippen MR) is 136 cm³/mol. The highest BCUT2D eigenvalue weighted by atomic mass is 16.2. The van der Waals surface area contributed by atoms with Crippen LogP contribution in [-0.4, -0.2) is 42.1 Å². The molecule has 1 aliphatic heterocycles. The molecule has 1 aliphatic carbocycles. The monoisotopic (exact) mass is 479 g/mol. The highest BCUT2D eigenvalue weighted by Gasteiger charge is 2.50. The summed E-state index contributed by atoms with van der Waals surface area (Å²) in [5.74, 6) is 1.62. The summed E-state index contributed by atoms with van der Waals surface area (Å²) in [6.07, 6.45) is 9.52. The number of piperidine rings is 1. The van der Waals surface area contributed by atoms with E-state index in [4.69, 9.17) is 10.7 Å². The molecule has 6 rings (SSSR count). The molecule has 1 unspecified atom stereocenters. The van der Waals surface area contributed by atoms with Gasteiger partial charge in [0, 0.05) is 35.8 Å². The molecule has 4 aromatic rings. The summed E-state index contributed by atoms with van der Waals surface area (Å²) in [5, 5.41) is 2.79. The van der Waals surface area contributed by atoms with Crippen molar-refractivity contribution in [3.05, 3.63) is 85.1 Å². The molecule has 3 N–H and O–H groups in total. The zero-order chi connectivity index (χ0) is 24.8. The number of nitrogens with one attached hydrogen (secondary N) is 1. The average molecular weight is 480 g/mol. The van der Waals surface area contributed by atoms with E-state index in [-0.39, 0.29) is 23.9 Å². The van der Waals surface area contributed by atoms with Gasteiger partial charge < -0.3 is 16.0 Å². The number of imidazole rings is 1. The third-order valence-corrected chi connectivity index (χ3v) is 7.22. The van der Waals surface area contributed by atoms with Gasteiger partial charge in [-0.25, -0.2) is 15.0 Å². The van der Waals surface area contributed by atoms with Gasteiger partial charge in [0.1, 0.15) is 28.7 Å². The van der Waals surface area contributed by atoms with Gasteiger partial charge in [0.05, 0.1) is 6.04 Å². The molecule has 1 saturated heterocycles. The van der Waals surface area contributed by atoms with Crippen molar-refractivity contribution >= 4 is 29.0 Å². The Hall–Kier alpha value is -4.53. The number of aromatic nitrogens is 4. The van der Waals surface area contributed by atoms with Gasteiger partial charge in [-0.05, 0) is 55.5 Å². The number of carbonyl (C=O) groups is 2. The molecule has 2 bridgehead atoms. The van der Waals surface area contributed by atoms with Crippen LogP contribution >= 0.6 is 0 Å². The van der Waals surface area contributed by atoms with E-state index in [1.165, 1.54) is 6.08 Å². The number of nitrogens with two attached hydrogens (primary N) is 1. The maximum absolute atomic E-state index is 12.8. The van der Waals surface area contributed by atoms with Crippen molar-refractivity contribution in [3.8, 4) is 11.3 Å². The summed E-state index contributed by atoms with van der Waals surface area (Å²) >= 11 is 0. The molecule has 9 nitrogen and oxygen atoms in total. The number of anilines is 2. The molecule has 3 atom stereocenters. The highest BCUT2D eigenvalue weighted by molar-refractivity contribution is 6.04. The summed E-state index contributed by atoms with van der Waals surface area (Å²) in [6, 6.07) is 12.6. The fourth-order valence-corrected chi connectivity index (χ4v) is 5.64. The number of nitrogens with zero attached hydrogens (tertiary/aromatic N) is 5. The first-order chi connectivity index (χ1) is 17.5. The first-order valence-corrected chi connectivity index (χ1v) is 11.9. The average Bonchev–Trinajstić information content (AvgIpc) is 3.63. The number of carbonyl (C=O) groups excluding carboxylic acids is 2. The second-order valence-corrected chi connectivity index (χ2v) is 9.22. The Morgan fingerprint density at radius 3 is 2.67 bits per heavy atom. The molecular formula is C27H25N7O2. The summed E-state index contributed by atoms with van der Waals surface area (Å²) in [7, 11) is 0. The van der Waals surface area contributed by atoms with E-state index in [1.807, 2.05) is 33.7 Å². The van der Waals surface area contributed by atoms with Crippen molar-refractivity contribution in [2.24, 2.45) is 5.92 Å². The fourth-order valence-electron chi connectivity index (χ4n) is 5.64. The Morgan fingerprint density at radius 1 is 1.08 bits per heavy atom. The van der Waals surface area contributed by atoms with E-state index >= 15 is 0 Å². The van der Waals surface area contributed by atoms with Gasteiger partial charge in [-0.1, -0.05) is 24.8 Å². The number of hydrogen-bond acceptors (Lipinski definition) is 6. The first kappa shape index (κ1) is 22.0. The lowest BCUT2D eigenvalue weighted by Gasteiger charge is -2.33. The summed E-state index contributed by atoms with van der Waals surface area (Å²) in [5.41, 5.74) is 8.98. The zero-order valence-corrected chi connectivity index (χ0v) is 19.5. The first-order valence-electron chi connectivity index (χ1n) is 11.9. The molecule has 2 amide bonds. The second-order valence-electron chi connectivity index (χ2n) is 9.22. The van der Waals surface area contributed by atoms with Gasteiger partial charge in [-0.15, -0.1) is 0 Å². The second kappa shape index (κ2) is 8.60. The lowest BCUT2D eigenvalue weighted by Crippen LogP contribution is -2.39. The van der Waals surface area contributed by atoms with E-state index in [1.54, 1.807) is 36.7 Å². The van der Waals surface area contributed by atoms with E-state index in [9.17, 15) is 9.59 Å². The van der Waals surface area contributed by atoms with Gasteiger partial charge in [-0.3, -0.25) is 14.0 Å². The molecule has 4 heterocycles. The molecule has 0 spiro atoms. The maximum atomic E-state index is 12.8. The van der Waals surface area contributed by atoms with Crippen LogP contribution in [0.1, 0.15) is 41.5 Å². The largest absolute Gasteiger partial charge is 0.382 e. The van der Waals surface area contributed by atoms with Crippen molar-refractivity contribution < 1.29 is 9.59 Å². The topological polar surface area (TPSA) is 119 Å². The molecule has 3 aromatic heterocycles. The van der Waals surface area contributed by atoms with Crippen LogP contribution in [-0.2, 0) is 4.79 Å². The molecule has 2 fully saturated rings. The Morgan fingerprint density at radius 2 is 1.92 bits per heavy atom. The molecule has 0 radical (unpaired) electrons. The number of benzene rings is 1. The number of fused-ring (bicyclic) bond motifs is 3. The summed E-state index contributed by atoms with van der Waals surface area (Å²) in [6.45, 7) is 3.71. The van der Waals surface area contributed by atoms with E-state index in [0.29, 0.717) is 34.3 Å². The van der Waals surface area contributed by atoms with Crippen LogP contribution in [0, 0.1) is 5.92 Å². The molecule has 36 heavy (non-hydrogen) atoms. The number of pyridine rings is 1. The van der Waals surface area contributed by atoms with Crippen LogP contribution < -0.4 is 11.1 Å². The number of hydrogen-bond donors (Lipinski definition) is 2. The summed E-state index contributed by atoms with van der Waals surface area (Å²) in [4.78, 5) is 40.8. The van der Waals surface area contributed by atoms with Gasteiger partial charge in [-0.2, -0.15) is 0 Å². The lowest BCUT2D eigenvalue weighted by molar-refractivity contribution is -0.130. The van der Waals surface area contributed by atoms with E-state index in [0.717, 1.165) is 30.7 Å². The molecule has 1 aromatic carbocycles. The van der Waals surface area contributed by atoms with Crippen molar-refractivity contribution in [3.63, 3.8) is 0 Å². The molecule has 2 aliphatic rings.